The van der Waals surface area contributed by atoms with Crippen molar-refractivity contribution in [2.75, 3.05) is 0 Å². The van der Waals surface area contributed by atoms with Gasteiger partial charge in [-0.25, -0.2) is 0 Å². The van der Waals surface area contributed by atoms with E-state index >= 15 is 0 Å². The second-order valence-electron chi connectivity index (χ2n) is 10.1. The van der Waals surface area contributed by atoms with Gasteiger partial charge in [0.05, 0.1) is 0 Å². The number of ketones is 1. The topological polar surface area (TPSA) is 26.3 Å². The van der Waals surface area contributed by atoms with Crippen LogP contribution in [0.4, 0.5) is 0 Å². The first-order chi connectivity index (χ1) is 17.9. The zero-order valence-electron chi connectivity index (χ0n) is 22.4. The average Bonchev–Trinajstić information content (AvgIpc) is 2.90. The van der Waals surface area contributed by atoms with Gasteiger partial charge in [0.15, 0.2) is 5.78 Å². The van der Waals surface area contributed by atoms with Crippen LogP contribution >= 0.6 is 8.58 Å². The summed E-state index contributed by atoms with van der Waals surface area (Å²) in [6, 6.07) is 33.9. The van der Waals surface area contributed by atoms with Gasteiger partial charge < -0.3 is 4.74 Å². The minimum Gasteiger partial charge on any atom is -0.489 e. The highest BCUT2D eigenvalue weighted by atomic mass is 31.1. The summed E-state index contributed by atoms with van der Waals surface area (Å²) in [7, 11) is 0.452. The van der Waals surface area contributed by atoms with Gasteiger partial charge in [-0.15, -0.1) is 0 Å². The molecule has 0 saturated heterocycles. The second-order valence-corrected chi connectivity index (χ2v) is 12.0. The van der Waals surface area contributed by atoms with E-state index in [9.17, 15) is 4.79 Å². The summed E-state index contributed by atoms with van der Waals surface area (Å²) in [5.74, 6) is 1.06. The number of carbonyl (C=O) groups is 1. The van der Waals surface area contributed by atoms with E-state index in [2.05, 4.69) is 86.6 Å². The zero-order chi connectivity index (χ0) is 26.3. The van der Waals surface area contributed by atoms with Gasteiger partial charge in [-0.1, -0.05) is 119 Å². The molecule has 37 heavy (non-hydrogen) atoms. The van der Waals surface area contributed by atoms with E-state index in [0.29, 0.717) is 15.2 Å². The van der Waals surface area contributed by atoms with Gasteiger partial charge in [-0.2, -0.15) is 0 Å². The lowest BCUT2D eigenvalue weighted by molar-refractivity contribution is 0.101. The molecule has 4 rings (SSSR count). The molecule has 0 N–H and O–H groups in total. The molecule has 0 aliphatic carbocycles. The van der Waals surface area contributed by atoms with Crippen molar-refractivity contribution in [1.82, 2.24) is 0 Å². The largest absolute Gasteiger partial charge is 0.489 e. The average molecular weight is 509 g/mol. The molecular weight excluding hydrogens is 471 g/mol. The number of ether oxygens (including phenoxy) is 1. The van der Waals surface area contributed by atoms with Crippen molar-refractivity contribution in [2.45, 2.75) is 58.7 Å². The minimum atomic E-state index is -0.160. The first-order valence-electron chi connectivity index (χ1n) is 13.1. The van der Waals surface area contributed by atoms with Crippen LogP contribution in [0.3, 0.4) is 0 Å². The highest BCUT2D eigenvalue weighted by molar-refractivity contribution is 7.48. The Labute approximate surface area is 223 Å². The van der Waals surface area contributed by atoms with Crippen molar-refractivity contribution in [1.29, 1.82) is 0 Å². The third-order valence-electron chi connectivity index (χ3n) is 6.84. The number of aryl methyl sites for hydroxylation is 1. The fourth-order valence-corrected chi connectivity index (χ4v) is 6.78. The lowest BCUT2D eigenvalue weighted by Gasteiger charge is -2.33. The van der Waals surface area contributed by atoms with Crippen LogP contribution in [0.15, 0.2) is 97.1 Å². The minimum absolute atomic E-state index is 0.128. The van der Waals surface area contributed by atoms with Crippen LogP contribution in [0.25, 0.3) is 0 Å². The monoisotopic (exact) mass is 508 g/mol. The van der Waals surface area contributed by atoms with Gasteiger partial charge in [0.25, 0.3) is 0 Å². The standard InChI is InChI=1S/C34H37O2P/c1-5-20-34(4,37-33-19-16-25(2)21-30(33)26(3)35)31-23-29(22-27-12-8-6-9-13-27)17-18-32(31)36-24-28-14-10-7-11-15-28/h6-19,21,23,37H,5,20,22,24H2,1-4H3. The maximum Gasteiger partial charge on any atom is 0.160 e. The van der Waals surface area contributed by atoms with Crippen molar-refractivity contribution in [3.05, 3.63) is 130 Å². The number of rotatable bonds is 11. The molecule has 0 saturated carbocycles. The molecular formula is C34H37O2P. The lowest BCUT2D eigenvalue weighted by Crippen LogP contribution is -2.23. The number of hydrogen-bond donors (Lipinski definition) is 0. The Morgan fingerprint density at radius 1 is 0.838 bits per heavy atom. The normalized spacial score (nSPS) is 13.0. The summed E-state index contributed by atoms with van der Waals surface area (Å²) in [5.41, 5.74) is 6.91. The van der Waals surface area contributed by atoms with Gasteiger partial charge in [0.1, 0.15) is 12.4 Å². The van der Waals surface area contributed by atoms with Crippen LogP contribution in [-0.2, 0) is 18.2 Å². The third kappa shape index (κ3) is 6.96. The highest BCUT2D eigenvalue weighted by Crippen LogP contribution is 2.49. The SMILES string of the molecule is CCCC(C)(Pc1ccc(C)cc1C(C)=O)c1cc(Cc2ccccc2)ccc1OCc1ccccc1. The van der Waals surface area contributed by atoms with E-state index in [1.165, 1.54) is 16.7 Å². The van der Waals surface area contributed by atoms with Crippen molar-refractivity contribution in [3.63, 3.8) is 0 Å². The Morgan fingerprint density at radius 2 is 1.51 bits per heavy atom. The van der Waals surface area contributed by atoms with E-state index in [-0.39, 0.29) is 10.9 Å². The molecule has 2 nitrogen and oxygen atoms in total. The number of Topliss-reactive ketones (excluding diaryl/α,β-unsaturated/α-hetero) is 1. The molecule has 2 atom stereocenters. The first kappa shape index (κ1) is 26.8. The van der Waals surface area contributed by atoms with E-state index in [1.807, 2.05) is 31.2 Å². The maximum absolute atomic E-state index is 12.6. The van der Waals surface area contributed by atoms with Gasteiger partial charge >= 0.3 is 0 Å². The first-order valence-corrected chi connectivity index (χ1v) is 14.1. The molecule has 3 heteroatoms. The van der Waals surface area contributed by atoms with Crippen molar-refractivity contribution in [2.24, 2.45) is 0 Å². The van der Waals surface area contributed by atoms with Crippen LogP contribution in [0.5, 0.6) is 5.75 Å². The molecule has 4 aromatic carbocycles. The molecule has 0 spiro atoms. The summed E-state index contributed by atoms with van der Waals surface area (Å²) in [5, 5.41) is 0.976. The quantitative estimate of drug-likeness (QED) is 0.150. The summed E-state index contributed by atoms with van der Waals surface area (Å²) in [4.78, 5) is 12.6. The third-order valence-corrected chi connectivity index (χ3v) is 8.62. The van der Waals surface area contributed by atoms with Crippen LogP contribution in [0.2, 0.25) is 0 Å². The lowest BCUT2D eigenvalue weighted by atomic mass is 9.91. The predicted octanol–water partition coefficient (Wildman–Crippen LogP) is 8.39. The van der Waals surface area contributed by atoms with E-state index in [0.717, 1.165) is 47.0 Å². The Morgan fingerprint density at radius 3 is 2.16 bits per heavy atom. The van der Waals surface area contributed by atoms with Crippen LogP contribution in [0.1, 0.15) is 71.8 Å². The summed E-state index contributed by atoms with van der Waals surface area (Å²) >= 11 is 0. The van der Waals surface area contributed by atoms with Crippen molar-refractivity contribution >= 4 is 19.7 Å². The Kier molecular flexibility index (Phi) is 8.95. The van der Waals surface area contributed by atoms with Crippen LogP contribution < -0.4 is 10.0 Å². The van der Waals surface area contributed by atoms with E-state index in [1.54, 1.807) is 6.92 Å². The fraction of sp³-hybridized carbons (Fsp3) is 0.265. The Bertz CT molecular complexity index is 1330. The molecule has 0 amide bonds. The molecule has 0 heterocycles. The van der Waals surface area contributed by atoms with Crippen molar-refractivity contribution < 1.29 is 9.53 Å². The molecule has 0 aliphatic heterocycles. The number of benzene rings is 4. The Hall–Kier alpha value is -3.22. The molecule has 2 unspecified atom stereocenters. The molecule has 190 valence electrons. The van der Waals surface area contributed by atoms with E-state index in [4.69, 9.17) is 4.74 Å². The predicted molar refractivity (Wildman–Crippen MR) is 158 cm³/mol. The van der Waals surface area contributed by atoms with Gasteiger partial charge in [0, 0.05) is 16.3 Å². The molecule has 0 fully saturated rings. The van der Waals surface area contributed by atoms with Gasteiger partial charge in [-0.05, 0) is 60.8 Å². The zero-order valence-corrected chi connectivity index (χ0v) is 23.4. The molecule has 0 aliphatic rings. The second kappa shape index (κ2) is 12.3. The molecule has 0 radical (unpaired) electrons. The highest BCUT2D eigenvalue weighted by Gasteiger charge is 2.31. The van der Waals surface area contributed by atoms with E-state index < -0.39 is 0 Å². The smallest absolute Gasteiger partial charge is 0.160 e. The maximum atomic E-state index is 12.6. The number of hydrogen-bond acceptors (Lipinski definition) is 2. The molecule has 0 bridgehead atoms. The summed E-state index contributed by atoms with van der Waals surface area (Å²) in [6.45, 7) is 8.83. The van der Waals surface area contributed by atoms with Gasteiger partial charge in [0.2, 0.25) is 0 Å². The van der Waals surface area contributed by atoms with Crippen molar-refractivity contribution in [3.8, 4) is 5.75 Å². The summed E-state index contributed by atoms with van der Waals surface area (Å²) < 4.78 is 6.49. The van der Waals surface area contributed by atoms with Gasteiger partial charge in [-0.3, -0.25) is 4.79 Å². The molecule has 0 aromatic heterocycles. The Balaban J connectivity index is 1.76. The summed E-state index contributed by atoms with van der Waals surface area (Å²) in [6.07, 6.45) is 2.93. The van der Waals surface area contributed by atoms with Crippen LogP contribution in [-0.4, -0.2) is 5.78 Å². The fourth-order valence-electron chi connectivity index (χ4n) is 4.93. The van der Waals surface area contributed by atoms with Crippen LogP contribution in [0, 0.1) is 6.92 Å². The molecule has 4 aromatic rings. The number of carbonyl (C=O) groups excluding carboxylic acids is 1.